The van der Waals surface area contributed by atoms with E-state index < -0.39 is 12.0 Å². The number of hydrogen-bond donors (Lipinski definition) is 1. The Balaban J connectivity index is 1.34. The van der Waals surface area contributed by atoms with Gasteiger partial charge in [0.25, 0.3) is 0 Å². The highest BCUT2D eigenvalue weighted by Gasteiger charge is 2.43. The minimum atomic E-state index is -0.430. The summed E-state index contributed by atoms with van der Waals surface area (Å²) in [5.74, 6) is -0.123. The normalized spacial score (nSPS) is 22.4. The quantitative estimate of drug-likeness (QED) is 0.447. The number of imidazole rings is 1. The molecule has 11 heteroatoms. The highest BCUT2D eigenvalue weighted by Crippen LogP contribution is 2.43. The van der Waals surface area contributed by atoms with E-state index in [-0.39, 0.29) is 30.2 Å². The number of amides is 3. The summed E-state index contributed by atoms with van der Waals surface area (Å²) in [5, 5.41) is 3.39. The van der Waals surface area contributed by atoms with Crippen LogP contribution in [0, 0.1) is 11.8 Å². The molecule has 3 aliphatic rings. The Morgan fingerprint density at radius 2 is 1.90 bits per heavy atom. The largest absolute Gasteiger partial charge is 0.488 e. The number of ether oxygens (including phenoxy) is 1. The smallest absolute Gasteiger partial charge is 0.227 e. The van der Waals surface area contributed by atoms with E-state index in [0.717, 1.165) is 47.1 Å². The van der Waals surface area contributed by atoms with Crippen molar-refractivity contribution in [2.75, 3.05) is 26.7 Å². The lowest BCUT2D eigenvalue weighted by Crippen LogP contribution is -2.50. The maximum atomic E-state index is 14.3. The van der Waals surface area contributed by atoms with E-state index in [2.05, 4.69) is 15.3 Å². The maximum Gasteiger partial charge on any atom is 0.227 e. The third-order valence-electron chi connectivity index (χ3n) is 9.09. The molecule has 10 nitrogen and oxygen atoms in total. The molecule has 2 fully saturated rings. The number of benzene rings is 1. The molecule has 3 atom stereocenters. The van der Waals surface area contributed by atoms with Gasteiger partial charge in [-0.1, -0.05) is 24.4 Å². The summed E-state index contributed by atoms with van der Waals surface area (Å²) < 4.78 is 8.30. The summed E-state index contributed by atoms with van der Waals surface area (Å²) in [6, 6.07) is 5.23. The lowest BCUT2D eigenvalue weighted by molar-refractivity contribution is -0.147. The van der Waals surface area contributed by atoms with Gasteiger partial charge in [-0.05, 0) is 49.4 Å². The number of carbonyl (C=O) groups excluding carboxylic acids is 3. The number of aromatic nitrogens is 3. The lowest BCUT2D eigenvalue weighted by atomic mass is 9.77. The molecule has 1 aliphatic carbocycles. The molecule has 1 N–H and O–H groups in total. The van der Waals surface area contributed by atoms with E-state index in [1.165, 1.54) is 0 Å². The number of nitrogens with zero attached hydrogens (tertiary/aromatic N) is 5. The Morgan fingerprint density at radius 1 is 1.10 bits per heavy atom. The summed E-state index contributed by atoms with van der Waals surface area (Å²) in [6.45, 7) is 1.76. The molecular weight excluding hydrogens is 556 g/mol. The minimum Gasteiger partial charge on any atom is -0.488 e. The van der Waals surface area contributed by atoms with Crippen molar-refractivity contribution in [3.05, 3.63) is 52.4 Å². The second-order valence-electron chi connectivity index (χ2n) is 11.6. The molecule has 0 bridgehead atoms. The molecule has 0 spiro atoms. The van der Waals surface area contributed by atoms with Crippen molar-refractivity contribution in [2.24, 2.45) is 18.9 Å². The van der Waals surface area contributed by atoms with Crippen LogP contribution in [0.1, 0.15) is 61.3 Å². The molecular formula is C31H37ClN6O4. The third kappa shape index (κ3) is 5.32. The number of aryl methyl sites for hydroxylation is 1. The average molecular weight is 593 g/mol. The van der Waals surface area contributed by atoms with Crippen LogP contribution in [0.5, 0.6) is 5.75 Å². The third-order valence-corrected chi connectivity index (χ3v) is 9.44. The number of carbonyl (C=O) groups is 3. The monoisotopic (exact) mass is 592 g/mol. The standard InChI is InChI=1S/C31H37ClN6O4/c1-33-30(40)20-6-3-4-7-21(20)31(41)38-13-11-22-23(32)9-10-26(28(22)25(38)16-37-12-5-8-27(37)39)42-17-19-14-24-29(34-15-19)36(2)18-35-24/h9-10,14-15,18,20-21,25H,3-8,11-13,16-17H2,1-2H3,(H,33,40)/t20?,21?,25-/m1/s1. The van der Waals surface area contributed by atoms with Gasteiger partial charge in [-0.25, -0.2) is 9.97 Å². The first kappa shape index (κ1) is 28.5. The number of likely N-dealkylation sites (tertiary alicyclic amines) is 1. The predicted molar refractivity (Wildman–Crippen MR) is 158 cm³/mol. The highest BCUT2D eigenvalue weighted by molar-refractivity contribution is 6.31. The number of fused-ring (bicyclic) bond motifs is 2. The summed E-state index contributed by atoms with van der Waals surface area (Å²) in [6.07, 6.45) is 8.62. The molecule has 6 rings (SSSR count). The minimum absolute atomic E-state index is 0.0266. The number of nitrogens with one attached hydrogen (secondary N) is 1. The van der Waals surface area contributed by atoms with Crippen molar-refractivity contribution in [3.8, 4) is 5.75 Å². The second kappa shape index (κ2) is 11.9. The van der Waals surface area contributed by atoms with Crippen molar-refractivity contribution >= 4 is 40.5 Å². The molecule has 1 aromatic carbocycles. The van der Waals surface area contributed by atoms with Crippen LogP contribution in [0.25, 0.3) is 11.2 Å². The lowest BCUT2D eigenvalue weighted by Gasteiger charge is -2.43. The van der Waals surface area contributed by atoms with Crippen LogP contribution in [-0.2, 0) is 34.5 Å². The first-order valence-electron chi connectivity index (χ1n) is 14.9. The van der Waals surface area contributed by atoms with E-state index in [9.17, 15) is 14.4 Å². The Hall–Kier alpha value is -3.66. The van der Waals surface area contributed by atoms with Crippen LogP contribution >= 0.6 is 11.6 Å². The fourth-order valence-electron chi connectivity index (χ4n) is 6.90. The first-order chi connectivity index (χ1) is 20.4. The molecule has 3 amide bonds. The first-order valence-corrected chi connectivity index (χ1v) is 15.2. The van der Waals surface area contributed by atoms with E-state index in [1.54, 1.807) is 19.6 Å². The van der Waals surface area contributed by atoms with Crippen LogP contribution in [0.3, 0.4) is 0 Å². The van der Waals surface area contributed by atoms with Gasteiger partial charge in [-0.15, -0.1) is 0 Å². The summed E-state index contributed by atoms with van der Waals surface area (Å²) in [5.41, 5.74) is 4.25. The van der Waals surface area contributed by atoms with E-state index in [0.29, 0.717) is 56.1 Å². The van der Waals surface area contributed by atoms with Crippen LogP contribution in [0.2, 0.25) is 5.02 Å². The molecule has 2 aromatic heterocycles. The van der Waals surface area contributed by atoms with Gasteiger partial charge < -0.3 is 24.4 Å². The Kier molecular flexibility index (Phi) is 8.07. The summed E-state index contributed by atoms with van der Waals surface area (Å²) in [7, 11) is 3.53. The fraction of sp³-hybridized carbons (Fsp3) is 0.516. The number of hydrogen-bond acceptors (Lipinski definition) is 6. The maximum absolute atomic E-state index is 14.3. The van der Waals surface area contributed by atoms with Crippen molar-refractivity contribution in [3.63, 3.8) is 0 Å². The van der Waals surface area contributed by atoms with E-state index in [4.69, 9.17) is 16.3 Å². The Labute approximate surface area is 250 Å². The zero-order valence-corrected chi connectivity index (χ0v) is 24.9. The van der Waals surface area contributed by atoms with Crippen LogP contribution in [-0.4, -0.2) is 68.7 Å². The number of pyridine rings is 1. The van der Waals surface area contributed by atoms with Gasteiger partial charge in [0.05, 0.1) is 12.4 Å². The van der Waals surface area contributed by atoms with Crippen LogP contribution in [0.15, 0.2) is 30.7 Å². The molecule has 222 valence electrons. The SMILES string of the molecule is CNC(=O)C1CCCCC1C(=O)N1CCc2c(Cl)ccc(OCc3cnc4c(c3)ncn4C)c2[C@H]1CN1CCCC1=O. The average Bonchev–Trinajstić information content (AvgIpc) is 3.60. The summed E-state index contributed by atoms with van der Waals surface area (Å²) in [4.78, 5) is 52.6. The van der Waals surface area contributed by atoms with Gasteiger partial charge in [0.2, 0.25) is 17.7 Å². The zero-order valence-electron chi connectivity index (χ0n) is 24.1. The number of halogens is 1. The van der Waals surface area contributed by atoms with Crippen LogP contribution < -0.4 is 10.1 Å². The van der Waals surface area contributed by atoms with Gasteiger partial charge in [0.1, 0.15) is 17.9 Å². The van der Waals surface area contributed by atoms with Crippen molar-refractivity contribution in [1.29, 1.82) is 0 Å². The zero-order chi connectivity index (χ0) is 29.4. The van der Waals surface area contributed by atoms with Gasteiger partial charge >= 0.3 is 0 Å². The van der Waals surface area contributed by atoms with E-state index in [1.807, 2.05) is 39.6 Å². The van der Waals surface area contributed by atoms with Gasteiger partial charge in [-0.2, -0.15) is 0 Å². The molecule has 0 radical (unpaired) electrons. The summed E-state index contributed by atoms with van der Waals surface area (Å²) >= 11 is 6.76. The molecule has 1 saturated heterocycles. The highest BCUT2D eigenvalue weighted by atomic mass is 35.5. The Bertz CT molecular complexity index is 1520. The number of rotatable bonds is 7. The topological polar surface area (TPSA) is 110 Å². The molecule has 2 unspecified atom stereocenters. The molecule has 42 heavy (non-hydrogen) atoms. The molecule has 1 saturated carbocycles. The van der Waals surface area contributed by atoms with E-state index >= 15 is 0 Å². The van der Waals surface area contributed by atoms with Gasteiger partial charge in [0, 0.05) is 74.3 Å². The molecule has 2 aliphatic heterocycles. The van der Waals surface area contributed by atoms with Crippen molar-refractivity contribution < 1.29 is 19.1 Å². The Morgan fingerprint density at radius 3 is 2.67 bits per heavy atom. The van der Waals surface area contributed by atoms with Crippen molar-refractivity contribution in [2.45, 2.75) is 57.6 Å². The van der Waals surface area contributed by atoms with Crippen LogP contribution in [0.4, 0.5) is 0 Å². The molecule has 4 heterocycles. The molecule has 3 aromatic rings. The second-order valence-corrected chi connectivity index (χ2v) is 12.0. The van der Waals surface area contributed by atoms with Gasteiger partial charge in [0.15, 0.2) is 5.65 Å². The fourth-order valence-corrected chi connectivity index (χ4v) is 7.16. The van der Waals surface area contributed by atoms with Gasteiger partial charge in [-0.3, -0.25) is 14.4 Å². The predicted octanol–water partition coefficient (Wildman–Crippen LogP) is 3.80. The van der Waals surface area contributed by atoms with Crippen molar-refractivity contribution in [1.82, 2.24) is 29.7 Å².